The van der Waals surface area contributed by atoms with Crippen LogP contribution in [0.2, 0.25) is 0 Å². The lowest BCUT2D eigenvalue weighted by Crippen LogP contribution is -2.05. The summed E-state index contributed by atoms with van der Waals surface area (Å²) in [6.07, 6.45) is 1.01. The minimum absolute atomic E-state index is 0.306. The molecule has 0 radical (unpaired) electrons. The normalized spacial score (nSPS) is 11.2. The SMILES string of the molecule is CS(=O)(=O)Oc1ccccc1Br. The second kappa shape index (κ2) is 3.45. The highest BCUT2D eigenvalue weighted by atomic mass is 79.9. The summed E-state index contributed by atoms with van der Waals surface area (Å²) in [5.74, 6) is 0.306. The standard InChI is InChI=1S/C7H7BrO3S/c1-12(9,10)11-7-5-3-2-4-6(7)8/h2-5H,1H3. The first-order valence-electron chi connectivity index (χ1n) is 3.13. The molecule has 0 heterocycles. The molecule has 5 heteroatoms. The van der Waals surface area contributed by atoms with Crippen LogP contribution >= 0.6 is 15.9 Å². The minimum Gasteiger partial charge on any atom is -0.381 e. The Kier molecular flexibility index (Phi) is 2.74. The van der Waals surface area contributed by atoms with Crippen molar-refractivity contribution < 1.29 is 12.6 Å². The molecule has 0 spiro atoms. The third kappa shape index (κ3) is 2.83. The van der Waals surface area contributed by atoms with Crippen LogP contribution in [0, 0.1) is 0 Å². The van der Waals surface area contributed by atoms with Gasteiger partial charge in [-0.3, -0.25) is 0 Å². The first kappa shape index (κ1) is 9.54. The summed E-state index contributed by atoms with van der Waals surface area (Å²) < 4.78 is 26.7. The maximum atomic E-state index is 10.7. The lowest BCUT2D eigenvalue weighted by molar-refractivity contribution is 0.491. The minimum atomic E-state index is -3.43. The predicted octanol–water partition coefficient (Wildman–Crippen LogP) is 1.79. The van der Waals surface area contributed by atoms with Crippen molar-refractivity contribution in [2.75, 3.05) is 6.26 Å². The fraction of sp³-hybridized carbons (Fsp3) is 0.143. The van der Waals surface area contributed by atoms with E-state index in [1.54, 1.807) is 24.3 Å². The van der Waals surface area contributed by atoms with Gasteiger partial charge in [0.2, 0.25) is 0 Å². The van der Waals surface area contributed by atoms with Crippen LogP contribution < -0.4 is 4.18 Å². The number of halogens is 1. The van der Waals surface area contributed by atoms with Crippen molar-refractivity contribution in [3.63, 3.8) is 0 Å². The molecule has 12 heavy (non-hydrogen) atoms. The Morgan fingerprint density at radius 1 is 1.33 bits per heavy atom. The Morgan fingerprint density at radius 2 is 1.92 bits per heavy atom. The molecular weight excluding hydrogens is 244 g/mol. The third-order valence-electron chi connectivity index (χ3n) is 1.08. The van der Waals surface area contributed by atoms with E-state index in [4.69, 9.17) is 0 Å². The predicted molar refractivity (Wildman–Crippen MR) is 49.6 cm³/mol. The van der Waals surface area contributed by atoms with Crippen LogP contribution in [-0.4, -0.2) is 14.7 Å². The second-order valence-corrected chi connectivity index (χ2v) is 4.65. The molecule has 0 aliphatic rings. The Bertz CT molecular complexity index is 372. The quantitative estimate of drug-likeness (QED) is 0.752. The number of hydrogen-bond donors (Lipinski definition) is 0. The average molecular weight is 251 g/mol. The van der Waals surface area contributed by atoms with Crippen molar-refractivity contribution in [1.82, 2.24) is 0 Å². The van der Waals surface area contributed by atoms with E-state index in [1.165, 1.54) is 0 Å². The van der Waals surface area contributed by atoms with Crippen LogP contribution in [0.15, 0.2) is 28.7 Å². The van der Waals surface area contributed by atoms with E-state index in [9.17, 15) is 8.42 Å². The molecule has 0 amide bonds. The van der Waals surface area contributed by atoms with E-state index in [0.717, 1.165) is 6.26 Å². The van der Waals surface area contributed by atoms with Crippen LogP contribution in [0.4, 0.5) is 0 Å². The highest BCUT2D eigenvalue weighted by Gasteiger charge is 2.06. The molecule has 0 saturated heterocycles. The van der Waals surface area contributed by atoms with Crippen LogP contribution in [0.5, 0.6) is 5.75 Å². The highest BCUT2D eigenvalue weighted by molar-refractivity contribution is 9.10. The van der Waals surface area contributed by atoms with E-state index in [2.05, 4.69) is 20.1 Å². The summed E-state index contributed by atoms with van der Waals surface area (Å²) >= 11 is 3.16. The van der Waals surface area contributed by atoms with Gasteiger partial charge in [0.1, 0.15) is 0 Å². The van der Waals surface area contributed by atoms with Gasteiger partial charge >= 0.3 is 10.1 Å². The first-order valence-corrected chi connectivity index (χ1v) is 5.74. The molecule has 0 saturated carbocycles. The molecular formula is C7H7BrO3S. The van der Waals surface area contributed by atoms with Gasteiger partial charge in [-0.1, -0.05) is 12.1 Å². The summed E-state index contributed by atoms with van der Waals surface area (Å²) in [6, 6.07) is 6.76. The van der Waals surface area contributed by atoms with Gasteiger partial charge in [-0.15, -0.1) is 0 Å². The first-order chi connectivity index (χ1) is 5.49. The number of para-hydroxylation sites is 1. The number of hydrogen-bond acceptors (Lipinski definition) is 3. The topological polar surface area (TPSA) is 43.4 Å². The molecule has 66 valence electrons. The van der Waals surface area contributed by atoms with Crippen LogP contribution in [-0.2, 0) is 10.1 Å². The van der Waals surface area contributed by atoms with E-state index < -0.39 is 10.1 Å². The highest BCUT2D eigenvalue weighted by Crippen LogP contribution is 2.24. The third-order valence-corrected chi connectivity index (χ3v) is 2.22. The number of rotatable bonds is 2. The summed E-state index contributed by atoms with van der Waals surface area (Å²) in [5.41, 5.74) is 0. The molecule has 0 N–H and O–H groups in total. The van der Waals surface area contributed by atoms with Gasteiger partial charge in [0.25, 0.3) is 0 Å². The van der Waals surface area contributed by atoms with E-state index >= 15 is 0 Å². The zero-order valence-electron chi connectivity index (χ0n) is 6.32. The van der Waals surface area contributed by atoms with E-state index in [0.29, 0.717) is 10.2 Å². The fourth-order valence-corrected chi connectivity index (χ4v) is 1.62. The molecule has 1 aromatic carbocycles. The molecule has 0 aromatic heterocycles. The Hall–Kier alpha value is -0.550. The van der Waals surface area contributed by atoms with Gasteiger partial charge in [0.05, 0.1) is 10.7 Å². The largest absolute Gasteiger partial charge is 0.381 e. The van der Waals surface area contributed by atoms with Crippen molar-refractivity contribution in [1.29, 1.82) is 0 Å². The lowest BCUT2D eigenvalue weighted by Gasteiger charge is -2.03. The molecule has 0 fully saturated rings. The zero-order valence-corrected chi connectivity index (χ0v) is 8.72. The van der Waals surface area contributed by atoms with Crippen LogP contribution in [0.3, 0.4) is 0 Å². The van der Waals surface area contributed by atoms with Crippen LogP contribution in [0.1, 0.15) is 0 Å². The zero-order chi connectivity index (χ0) is 9.19. The maximum Gasteiger partial charge on any atom is 0.306 e. The van der Waals surface area contributed by atoms with E-state index in [-0.39, 0.29) is 0 Å². The van der Waals surface area contributed by atoms with Gasteiger partial charge in [0, 0.05) is 0 Å². The molecule has 1 aromatic rings. The monoisotopic (exact) mass is 250 g/mol. The molecule has 1 rings (SSSR count). The molecule has 0 aliphatic heterocycles. The molecule has 0 unspecified atom stereocenters. The van der Waals surface area contributed by atoms with Gasteiger partial charge in [-0.2, -0.15) is 8.42 Å². The Labute approximate surface area is 79.6 Å². The molecule has 0 bridgehead atoms. The van der Waals surface area contributed by atoms with Crippen molar-refractivity contribution in [2.24, 2.45) is 0 Å². The Morgan fingerprint density at radius 3 is 2.42 bits per heavy atom. The average Bonchev–Trinajstić information content (AvgIpc) is 1.91. The Balaban J connectivity index is 2.98. The summed E-state index contributed by atoms with van der Waals surface area (Å²) in [7, 11) is -3.43. The van der Waals surface area contributed by atoms with Crippen molar-refractivity contribution in [3.8, 4) is 5.75 Å². The fourth-order valence-electron chi connectivity index (χ4n) is 0.675. The summed E-state index contributed by atoms with van der Waals surface area (Å²) in [5, 5.41) is 0. The second-order valence-electron chi connectivity index (χ2n) is 2.22. The van der Waals surface area contributed by atoms with Crippen molar-refractivity contribution in [3.05, 3.63) is 28.7 Å². The van der Waals surface area contributed by atoms with Gasteiger partial charge in [-0.25, -0.2) is 0 Å². The molecule has 0 atom stereocenters. The van der Waals surface area contributed by atoms with Crippen molar-refractivity contribution >= 4 is 26.0 Å². The summed E-state index contributed by atoms with van der Waals surface area (Å²) in [6.45, 7) is 0. The smallest absolute Gasteiger partial charge is 0.306 e. The summed E-state index contributed by atoms with van der Waals surface area (Å²) in [4.78, 5) is 0. The van der Waals surface area contributed by atoms with Crippen molar-refractivity contribution in [2.45, 2.75) is 0 Å². The molecule has 3 nitrogen and oxygen atoms in total. The van der Waals surface area contributed by atoms with Gasteiger partial charge in [0.15, 0.2) is 5.75 Å². The van der Waals surface area contributed by atoms with Crippen LogP contribution in [0.25, 0.3) is 0 Å². The maximum absolute atomic E-state index is 10.7. The van der Waals surface area contributed by atoms with Gasteiger partial charge < -0.3 is 4.18 Å². The lowest BCUT2D eigenvalue weighted by atomic mass is 10.3. The molecule has 0 aliphatic carbocycles. The van der Waals surface area contributed by atoms with Gasteiger partial charge in [-0.05, 0) is 28.1 Å². The van der Waals surface area contributed by atoms with E-state index in [1.807, 2.05) is 0 Å². The number of benzene rings is 1.